The monoisotopic (exact) mass is 295 g/mol. The van der Waals surface area contributed by atoms with E-state index in [-0.39, 0.29) is 5.78 Å². The average Bonchev–Trinajstić information content (AvgIpc) is 2.49. The normalized spacial score (nSPS) is 15.3. The van der Waals surface area contributed by atoms with Crippen LogP contribution in [0.5, 0.6) is 0 Å². The molecule has 1 aromatic carbocycles. The molecule has 0 saturated carbocycles. The Labute approximate surface area is 123 Å². The summed E-state index contributed by atoms with van der Waals surface area (Å²) in [6, 6.07) is 9.40. The van der Waals surface area contributed by atoms with Crippen LogP contribution in [0.25, 0.3) is 0 Å². The Morgan fingerprint density at radius 2 is 1.95 bits per heavy atom. The molecular formula is C14H17NO2S2. The lowest BCUT2D eigenvalue weighted by Crippen LogP contribution is -2.38. The minimum Gasteiger partial charge on any atom is -0.378 e. The highest BCUT2D eigenvalue weighted by atomic mass is 32.2. The fraction of sp³-hybridized carbons (Fsp3) is 0.429. The van der Waals surface area contributed by atoms with Gasteiger partial charge in [0.1, 0.15) is 4.32 Å². The molecule has 0 aromatic heterocycles. The first-order chi connectivity index (χ1) is 9.27. The van der Waals surface area contributed by atoms with Crippen molar-refractivity contribution in [3.63, 3.8) is 0 Å². The lowest BCUT2D eigenvalue weighted by atomic mass is 10.1. The zero-order chi connectivity index (χ0) is 13.5. The molecule has 1 aliphatic heterocycles. The molecule has 0 spiro atoms. The molecular weight excluding hydrogens is 278 g/mol. The Kier molecular flexibility index (Phi) is 5.82. The van der Waals surface area contributed by atoms with Crippen LogP contribution in [0.2, 0.25) is 0 Å². The number of carbonyl (C=O) groups excluding carboxylic acids is 1. The second-order valence-corrected chi connectivity index (χ2v) is 5.98. The number of morpholine rings is 1. The van der Waals surface area contributed by atoms with Gasteiger partial charge in [-0.1, -0.05) is 54.3 Å². The topological polar surface area (TPSA) is 29.5 Å². The molecule has 0 atom stereocenters. The summed E-state index contributed by atoms with van der Waals surface area (Å²) in [4.78, 5) is 14.1. The van der Waals surface area contributed by atoms with Gasteiger partial charge in [-0.3, -0.25) is 4.79 Å². The third kappa shape index (κ3) is 4.60. The third-order valence-electron chi connectivity index (χ3n) is 2.92. The van der Waals surface area contributed by atoms with Gasteiger partial charge >= 0.3 is 0 Å². The van der Waals surface area contributed by atoms with E-state index in [4.69, 9.17) is 17.0 Å². The molecule has 0 aliphatic carbocycles. The number of thioether (sulfide) groups is 1. The van der Waals surface area contributed by atoms with Crippen molar-refractivity contribution in [3.8, 4) is 0 Å². The summed E-state index contributed by atoms with van der Waals surface area (Å²) in [5, 5.41) is 0. The summed E-state index contributed by atoms with van der Waals surface area (Å²) in [7, 11) is 0. The first-order valence-electron chi connectivity index (χ1n) is 6.35. The smallest absolute Gasteiger partial charge is 0.163 e. The van der Waals surface area contributed by atoms with Crippen LogP contribution >= 0.6 is 24.0 Å². The Morgan fingerprint density at radius 1 is 1.26 bits per heavy atom. The van der Waals surface area contributed by atoms with Crippen LogP contribution in [0, 0.1) is 0 Å². The second-order valence-electron chi connectivity index (χ2n) is 4.25. The summed E-state index contributed by atoms with van der Waals surface area (Å²) in [5.41, 5.74) is 0.778. The highest BCUT2D eigenvalue weighted by Crippen LogP contribution is 2.14. The molecule has 1 saturated heterocycles. The lowest BCUT2D eigenvalue weighted by Gasteiger charge is -2.28. The molecule has 102 valence electrons. The van der Waals surface area contributed by atoms with Gasteiger partial charge in [-0.2, -0.15) is 0 Å². The van der Waals surface area contributed by atoms with Gasteiger partial charge in [0.2, 0.25) is 0 Å². The number of Topliss-reactive ketones (excluding diaryl/α,β-unsaturated/α-hetero) is 1. The van der Waals surface area contributed by atoms with E-state index in [1.807, 2.05) is 30.3 Å². The van der Waals surface area contributed by atoms with Gasteiger partial charge in [-0.15, -0.1) is 0 Å². The highest BCUT2D eigenvalue weighted by molar-refractivity contribution is 8.22. The van der Waals surface area contributed by atoms with E-state index < -0.39 is 0 Å². The van der Waals surface area contributed by atoms with Crippen LogP contribution in [-0.4, -0.2) is 47.1 Å². The Balaban J connectivity index is 1.71. The average molecular weight is 295 g/mol. The van der Waals surface area contributed by atoms with Crippen molar-refractivity contribution in [1.29, 1.82) is 0 Å². The Hall–Kier alpha value is -0.910. The fourth-order valence-electron chi connectivity index (χ4n) is 1.84. The van der Waals surface area contributed by atoms with E-state index in [0.29, 0.717) is 6.42 Å². The molecule has 1 fully saturated rings. The van der Waals surface area contributed by atoms with E-state index in [2.05, 4.69) is 4.90 Å². The van der Waals surface area contributed by atoms with Gasteiger partial charge in [0.05, 0.1) is 13.2 Å². The molecule has 0 amide bonds. The van der Waals surface area contributed by atoms with Crippen molar-refractivity contribution in [2.75, 3.05) is 32.1 Å². The van der Waals surface area contributed by atoms with Gasteiger partial charge in [0.25, 0.3) is 0 Å². The number of thiocarbonyl (C=S) groups is 1. The number of ether oxygens (including phenoxy) is 1. The van der Waals surface area contributed by atoms with Gasteiger partial charge in [-0.05, 0) is 0 Å². The molecule has 0 bridgehead atoms. The number of hydrogen-bond acceptors (Lipinski definition) is 4. The van der Waals surface area contributed by atoms with Crippen molar-refractivity contribution >= 4 is 34.1 Å². The van der Waals surface area contributed by atoms with E-state index in [9.17, 15) is 4.79 Å². The van der Waals surface area contributed by atoms with E-state index in [1.165, 1.54) is 0 Å². The number of nitrogens with zero attached hydrogens (tertiary/aromatic N) is 1. The first kappa shape index (κ1) is 14.5. The number of rotatable bonds is 4. The lowest BCUT2D eigenvalue weighted by molar-refractivity contribution is 0.0702. The molecule has 5 heteroatoms. The van der Waals surface area contributed by atoms with Gasteiger partial charge in [0, 0.05) is 30.8 Å². The molecule has 2 rings (SSSR count). The maximum atomic E-state index is 11.9. The van der Waals surface area contributed by atoms with Crippen molar-refractivity contribution in [2.24, 2.45) is 0 Å². The highest BCUT2D eigenvalue weighted by Gasteiger charge is 2.14. The van der Waals surface area contributed by atoms with Crippen LogP contribution in [0.4, 0.5) is 0 Å². The Bertz CT molecular complexity index is 430. The van der Waals surface area contributed by atoms with Crippen molar-refractivity contribution < 1.29 is 9.53 Å². The largest absolute Gasteiger partial charge is 0.378 e. The summed E-state index contributed by atoms with van der Waals surface area (Å²) in [6.07, 6.45) is 0.527. The summed E-state index contributed by atoms with van der Waals surface area (Å²) < 4.78 is 6.16. The van der Waals surface area contributed by atoms with Gasteiger partial charge in [-0.25, -0.2) is 0 Å². The Morgan fingerprint density at radius 3 is 2.63 bits per heavy atom. The number of benzene rings is 1. The van der Waals surface area contributed by atoms with Crippen LogP contribution in [0.15, 0.2) is 30.3 Å². The predicted molar refractivity (Wildman–Crippen MR) is 82.8 cm³/mol. The van der Waals surface area contributed by atoms with E-state index in [1.54, 1.807) is 11.8 Å². The van der Waals surface area contributed by atoms with E-state index >= 15 is 0 Å². The number of ketones is 1. The van der Waals surface area contributed by atoms with Crippen molar-refractivity contribution in [3.05, 3.63) is 35.9 Å². The number of hydrogen-bond donors (Lipinski definition) is 0. The van der Waals surface area contributed by atoms with Crippen LogP contribution < -0.4 is 0 Å². The van der Waals surface area contributed by atoms with Gasteiger partial charge in [0.15, 0.2) is 5.78 Å². The number of carbonyl (C=O) groups is 1. The molecule has 0 N–H and O–H groups in total. The summed E-state index contributed by atoms with van der Waals surface area (Å²) in [6.45, 7) is 3.20. The molecule has 1 aliphatic rings. The summed E-state index contributed by atoms with van der Waals surface area (Å²) in [5.74, 6) is 0.919. The minimum absolute atomic E-state index is 0.179. The molecule has 3 nitrogen and oxygen atoms in total. The molecule has 19 heavy (non-hydrogen) atoms. The molecule has 0 unspecified atom stereocenters. The zero-order valence-corrected chi connectivity index (χ0v) is 12.3. The van der Waals surface area contributed by atoms with Crippen LogP contribution in [0.1, 0.15) is 16.8 Å². The third-order valence-corrected chi connectivity index (χ3v) is 4.44. The SMILES string of the molecule is O=C(CCSC(=S)N1CCOCC1)c1ccccc1. The molecule has 1 heterocycles. The predicted octanol–water partition coefficient (Wildman–Crippen LogP) is 2.61. The first-order valence-corrected chi connectivity index (χ1v) is 7.74. The standard InChI is InChI=1S/C14H17NO2S2/c16-13(12-4-2-1-3-5-12)6-11-19-14(18)15-7-9-17-10-8-15/h1-5H,6-11H2. The van der Waals surface area contributed by atoms with E-state index in [0.717, 1.165) is 41.9 Å². The van der Waals surface area contributed by atoms with Crippen LogP contribution in [0.3, 0.4) is 0 Å². The molecule has 0 radical (unpaired) electrons. The maximum absolute atomic E-state index is 11.9. The zero-order valence-electron chi connectivity index (χ0n) is 10.7. The minimum atomic E-state index is 0.179. The summed E-state index contributed by atoms with van der Waals surface area (Å²) >= 11 is 6.95. The second kappa shape index (κ2) is 7.62. The quantitative estimate of drug-likeness (QED) is 0.629. The maximum Gasteiger partial charge on any atom is 0.163 e. The van der Waals surface area contributed by atoms with Gasteiger partial charge < -0.3 is 9.64 Å². The molecule has 1 aromatic rings. The fourth-order valence-corrected chi connectivity index (χ4v) is 3.10. The van der Waals surface area contributed by atoms with Crippen molar-refractivity contribution in [1.82, 2.24) is 4.90 Å². The van der Waals surface area contributed by atoms with Crippen molar-refractivity contribution in [2.45, 2.75) is 6.42 Å². The van der Waals surface area contributed by atoms with Crippen LogP contribution in [-0.2, 0) is 4.74 Å².